The van der Waals surface area contributed by atoms with E-state index in [0.29, 0.717) is 0 Å². The third kappa shape index (κ3) is 3.62. The molecule has 20 heavy (non-hydrogen) atoms. The number of ether oxygens (including phenoxy) is 2. The number of hydrogen-bond acceptors (Lipinski definition) is 6. The van der Waals surface area contributed by atoms with E-state index in [-0.39, 0.29) is 27.8 Å². The lowest BCUT2D eigenvalue weighted by Gasteiger charge is -2.14. The second-order valence-corrected chi connectivity index (χ2v) is 6.35. The average molecular weight is 323 g/mol. The van der Waals surface area contributed by atoms with Gasteiger partial charge in [-0.1, -0.05) is 11.6 Å². The third-order valence-electron chi connectivity index (χ3n) is 2.46. The summed E-state index contributed by atoms with van der Waals surface area (Å²) in [5, 5.41) is 9.81. The molecule has 0 aromatic heterocycles. The number of benzene rings is 1. The average Bonchev–Trinajstić information content (AvgIpc) is 2.36. The number of rotatable bonds is 5. The highest BCUT2D eigenvalue weighted by molar-refractivity contribution is 7.90. The van der Waals surface area contributed by atoms with Gasteiger partial charge in [-0.3, -0.25) is 0 Å². The van der Waals surface area contributed by atoms with E-state index in [1.807, 2.05) is 0 Å². The van der Waals surface area contributed by atoms with Crippen molar-refractivity contribution in [3.63, 3.8) is 0 Å². The Morgan fingerprint density at radius 2 is 2.05 bits per heavy atom. The molecule has 112 valence electrons. The normalized spacial score (nSPS) is 12.8. The third-order valence-corrected chi connectivity index (χ3v) is 3.84. The van der Waals surface area contributed by atoms with Gasteiger partial charge in [0.15, 0.2) is 21.7 Å². The fourth-order valence-electron chi connectivity index (χ4n) is 1.58. The summed E-state index contributed by atoms with van der Waals surface area (Å²) in [5.41, 5.74) is 0.0228. The predicted octanol–water partition coefficient (Wildman–Crippen LogP) is 1.35. The van der Waals surface area contributed by atoms with Crippen LogP contribution in [0.25, 0.3) is 0 Å². The minimum absolute atomic E-state index is 0.0197. The van der Waals surface area contributed by atoms with E-state index in [4.69, 9.17) is 16.3 Å². The Kier molecular flexibility index (Phi) is 5.38. The van der Waals surface area contributed by atoms with Gasteiger partial charge < -0.3 is 14.6 Å². The first-order chi connectivity index (χ1) is 9.22. The van der Waals surface area contributed by atoms with Crippen LogP contribution in [0.4, 0.5) is 0 Å². The molecular formula is C12H15ClO6S. The molecule has 0 bridgehead atoms. The van der Waals surface area contributed by atoms with Gasteiger partial charge in [0.25, 0.3) is 0 Å². The van der Waals surface area contributed by atoms with Crippen molar-refractivity contribution >= 4 is 27.4 Å². The number of aliphatic hydroxyl groups excluding tert-OH is 1. The molecule has 6 nitrogen and oxygen atoms in total. The van der Waals surface area contributed by atoms with E-state index in [9.17, 15) is 18.3 Å². The van der Waals surface area contributed by atoms with Crippen LogP contribution in [0.1, 0.15) is 18.6 Å². The molecule has 0 aliphatic rings. The molecular weight excluding hydrogens is 308 g/mol. The van der Waals surface area contributed by atoms with E-state index < -0.39 is 21.9 Å². The maximum absolute atomic E-state index is 11.7. The summed E-state index contributed by atoms with van der Waals surface area (Å²) in [5.74, 6) is -0.915. The lowest BCUT2D eigenvalue weighted by molar-refractivity contribution is -0.153. The molecule has 1 unspecified atom stereocenters. The number of carbonyl (C=O) groups is 1. The molecule has 1 atom stereocenters. The monoisotopic (exact) mass is 322 g/mol. The van der Waals surface area contributed by atoms with Gasteiger partial charge in [-0.25, -0.2) is 13.2 Å². The number of methoxy groups -OCH3 is 1. The van der Waals surface area contributed by atoms with Crippen LogP contribution in [0.5, 0.6) is 5.75 Å². The molecule has 0 saturated heterocycles. The number of sulfone groups is 1. The zero-order valence-corrected chi connectivity index (χ0v) is 12.8. The van der Waals surface area contributed by atoms with Gasteiger partial charge in [0.05, 0.1) is 18.7 Å². The van der Waals surface area contributed by atoms with Gasteiger partial charge in [0, 0.05) is 6.26 Å². The van der Waals surface area contributed by atoms with Gasteiger partial charge in [-0.2, -0.15) is 0 Å². The number of esters is 1. The van der Waals surface area contributed by atoms with Gasteiger partial charge in [0.2, 0.25) is 0 Å². The maximum Gasteiger partial charge on any atom is 0.339 e. The van der Waals surface area contributed by atoms with Crippen molar-refractivity contribution in [2.75, 3.05) is 20.0 Å². The van der Waals surface area contributed by atoms with Crippen LogP contribution in [-0.4, -0.2) is 39.5 Å². The molecule has 0 radical (unpaired) electrons. The number of hydrogen-bond donors (Lipinski definition) is 1. The van der Waals surface area contributed by atoms with Crippen LogP contribution in [-0.2, 0) is 19.4 Å². The fraction of sp³-hybridized carbons (Fsp3) is 0.417. The topological polar surface area (TPSA) is 89.9 Å². The Morgan fingerprint density at radius 3 is 2.50 bits per heavy atom. The molecule has 1 N–H and O–H groups in total. The molecule has 1 aromatic carbocycles. The van der Waals surface area contributed by atoms with Gasteiger partial charge in [-0.15, -0.1) is 0 Å². The van der Waals surface area contributed by atoms with Crippen LogP contribution < -0.4 is 4.74 Å². The summed E-state index contributed by atoms with van der Waals surface area (Å²) in [6.45, 7) is 1.69. The second-order valence-electron chi connectivity index (χ2n) is 3.96. The molecule has 0 amide bonds. The van der Waals surface area contributed by atoms with Crippen molar-refractivity contribution in [3.05, 3.63) is 22.7 Å². The Labute approximate surface area is 122 Å². The Morgan fingerprint density at radius 1 is 1.45 bits per heavy atom. The van der Waals surface area contributed by atoms with Crippen LogP contribution in [0.15, 0.2) is 17.0 Å². The largest absolute Gasteiger partial charge is 0.494 e. The van der Waals surface area contributed by atoms with Gasteiger partial charge >= 0.3 is 5.97 Å². The van der Waals surface area contributed by atoms with E-state index in [0.717, 1.165) is 12.3 Å². The molecule has 0 heterocycles. The maximum atomic E-state index is 11.7. The lowest BCUT2D eigenvalue weighted by atomic mass is 10.1. The Hall–Kier alpha value is -1.31. The Balaban J connectivity index is 3.38. The van der Waals surface area contributed by atoms with Crippen molar-refractivity contribution in [1.82, 2.24) is 0 Å². The Bertz CT molecular complexity index is 611. The molecule has 0 fully saturated rings. The van der Waals surface area contributed by atoms with Crippen LogP contribution >= 0.6 is 11.6 Å². The smallest absolute Gasteiger partial charge is 0.339 e. The molecule has 1 rings (SSSR count). The molecule has 0 aliphatic carbocycles. The summed E-state index contributed by atoms with van der Waals surface area (Å²) >= 11 is 5.91. The highest BCUT2D eigenvalue weighted by atomic mass is 35.5. The second kappa shape index (κ2) is 6.43. The highest BCUT2D eigenvalue weighted by Crippen LogP contribution is 2.35. The minimum Gasteiger partial charge on any atom is -0.494 e. The summed E-state index contributed by atoms with van der Waals surface area (Å²) in [4.78, 5) is 11.3. The number of halogens is 1. The van der Waals surface area contributed by atoms with Crippen molar-refractivity contribution in [2.45, 2.75) is 17.9 Å². The summed E-state index contributed by atoms with van der Waals surface area (Å²) in [7, 11) is -2.36. The zero-order chi connectivity index (χ0) is 15.5. The van der Waals surface area contributed by atoms with E-state index in [1.165, 1.54) is 13.2 Å². The van der Waals surface area contributed by atoms with E-state index in [2.05, 4.69) is 4.74 Å². The summed E-state index contributed by atoms with van der Waals surface area (Å²) < 4.78 is 33.0. The summed E-state index contributed by atoms with van der Waals surface area (Å²) in [6.07, 6.45) is -0.638. The van der Waals surface area contributed by atoms with Gasteiger partial charge in [-0.05, 0) is 24.6 Å². The molecule has 1 aromatic rings. The van der Waals surface area contributed by atoms with E-state index in [1.54, 1.807) is 6.92 Å². The molecule has 0 spiro atoms. The number of aliphatic hydroxyl groups is 1. The van der Waals surface area contributed by atoms with Crippen LogP contribution in [0, 0.1) is 0 Å². The van der Waals surface area contributed by atoms with Crippen molar-refractivity contribution in [3.8, 4) is 5.75 Å². The predicted molar refractivity (Wildman–Crippen MR) is 72.7 cm³/mol. The van der Waals surface area contributed by atoms with Crippen LogP contribution in [0.2, 0.25) is 5.02 Å². The standard InChI is InChI=1S/C12H15ClO6S/c1-4-19-12(15)10(14)7-5-8(13)11(18-2)9(6-7)20(3,16)17/h5-6,10,14H,4H2,1-3H3. The first kappa shape index (κ1) is 16.7. The van der Waals surface area contributed by atoms with Crippen molar-refractivity contribution in [2.24, 2.45) is 0 Å². The minimum atomic E-state index is -3.63. The van der Waals surface area contributed by atoms with Crippen molar-refractivity contribution < 1.29 is 27.8 Å². The first-order valence-corrected chi connectivity index (χ1v) is 7.91. The number of carbonyl (C=O) groups excluding carboxylic acids is 1. The van der Waals surface area contributed by atoms with Gasteiger partial charge in [0.1, 0.15) is 4.90 Å². The fourth-order valence-corrected chi connectivity index (χ4v) is 2.82. The summed E-state index contributed by atoms with van der Waals surface area (Å²) in [6, 6.07) is 2.40. The van der Waals surface area contributed by atoms with Crippen LogP contribution in [0.3, 0.4) is 0 Å². The first-order valence-electron chi connectivity index (χ1n) is 5.64. The zero-order valence-electron chi connectivity index (χ0n) is 11.2. The molecule has 0 saturated carbocycles. The lowest BCUT2D eigenvalue weighted by Crippen LogP contribution is -2.16. The van der Waals surface area contributed by atoms with Crippen molar-refractivity contribution in [1.29, 1.82) is 0 Å². The quantitative estimate of drug-likeness (QED) is 0.823. The van der Waals surface area contributed by atoms with E-state index >= 15 is 0 Å². The molecule has 8 heteroatoms. The SMILES string of the molecule is CCOC(=O)C(O)c1cc(Cl)c(OC)c(S(C)(=O)=O)c1. The molecule has 0 aliphatic heterocycles. The highest BCUT2D eigenvalue weighted by Gasteiger charge is 2.25.